The van der Waals surface area contributed by atoms with Crippen LogP contribution in [0.4, 0.5) is 0 Å². The molecule has 0 saturated heterocycles. The zero-order chi connectivity index (χ0) is 21.3. The first-order chi connectivity index (χ1) is 14.3. The van der Waals surface area contributed by atoms with Crippen molar-refractivity contribution in [1.29, 1.82) is 0 Å². The second-order valence-electron chi connectivity index (χ2n) is 6.54. The molecule has 0 aromatic heterocycles. The Morgan fingerprint density at radius 1 is 0.517 bits per heavy atom. The number of aliphatic hydroxyl groups excluding tert-OH is 1. The molecule has 0 aliphatic rings. The standard InChI is InChI=1S/C21H44O8/c1-3-5-21(4-2)20-29-19-18-28-17-16-27-15-14-26-13-12-25-11-10-24-9-8-23-7-6-22/h21-22H,3-20H2,1-2H3. The lowest BCUT2D eigenvalue weighted by Crippen LogP contribution is -2.15. The van der Waals surface area contributed by atoms with Crippen LogP contribution in [0.15, 0.2) is 0 Å². The molecule has 8 heteroatoms. The summed E-state index contributed by atoms with van der Waals surface area (Å²) in [4.78, 5) is 0. The molecular formula is C21H44O8. The van der Waals surface area contributed by atoms with Crippen molar-refractivity contribution in [3.63, 3.8) is 0 Å². The lowest BCUT2D eigenvalue weighted by Gasteiger charge is -2.14. The Labute approximate surface area is 177 Å². The van der Waals surface area contributed by atoms with Crippen molar-refractivity contribution in [2.24, 2.45) is 5.92 Å². The van der Waals surface area contributed by atoms with Gasteiger partial charge in [0.1, 0.15) is 0 Å². The molecule has 8 nitrogen and oxygen atoms in total. The molecule has 0 bridgehead atoms. The van der Waals surface area contributed by atoms with Crippen LogP contribution in [0.25, 0.3) is 0 Å². The van der Waals surface area contributed by atoms with Crippen LogP contribution in [0, 0.1) is 5.92 Å². The minimum absolute atomic E-state index is 0.0378. The van der Waals surface area contributed by atoms with E-state index in [0.29, 0.717) is 91.8 Å². The lowest BCUT2D eigenvalue weighted by molar-refractivity contribution is -0.0226. The van der Waals surface area contributed by atoms with E-state index in [1.165, 1.54) is 19.3 Å². The minimum Gasteiger partial charge on any atom is -0.394 e. The van der Waals surface area contributed by atoms with Crippen LogP contribution >= 0.6 is 0 Å². The van der Waals surface area contributed by atoms with Gasteiger partial charge in [0.2, 0.25) is 0 Å². The maximum Gasteiger partial charge on any atom is 0.0701 e. The zero-order valence-corrected chi connectivity index (χ0v) is 18.6. The third-order valence-electron chi connectivity index (χ3n) is 4.10. The quantitative estimate of drug-likeness (QED) is 0.223. The predicted molar refractivity (Wildman–Crippen MR) is 112 cm³/mol. The normalized spacial score (nSPS) is 12.5. The highest BCUT2D eigenvalue weighted by Crippen LogP contribution is 2.10. The number of ether oxygens (including phenoxy) is 7. The Balaban J connectivity index is 3.06. The van der Waals surface area contributed by atoms with Gasteiger partial charge in [-0.2, -0.15) is 0 Å². The average molecular weight is 425 g/mol. The summed E-state index contributed by atoms with van der Waals surface area (Å²) in [7, 11) is 0. The second-order valence-corrected chi connectivity index (χ2v) is 6.54. The summed E-state index contributed by atoms with van der Waals surface area (Å²) in [5.41, 5.74) is 0. The number of hydrogen-bond acceptors (Lipinski definition) is 8. The Kier molecular flexibility index (Phi) is 25.4. The maximum absolute atomic E-state index is 8.54. The predicted octanol–water partition coefficient (Wildman–Crippen LogP) is 1.92. The van der Waals surface area contributed by atoms with Crippen LogP contribution in [-0.4, -0.2) is 104 Å². The van der Waals surface area contributed by atoms with Crippen molar-refractivity contribution in [2.75, 3.05) is 99.1 Å². The molecule has 0 amide bonds. The summed E-state index contributed by atoms with van der Waals surface area (Å²) in [6.45, 7) is 12.2. The molecule has 176 valence electrons. The molecule has 0 aromatic rings. The zero-order valence-electron chi connectivity index (χ0n) is 18.6. The Morgan fingerprint density at radius 3 is 1.17 bits per heavy atom. The highest BCUT2D eigenvalue weighted by molar-refractivity contribution is 4.54. The number of hydrogen-bond donors (Lipinski definition) is 1. The minimum atomic E-state index is 0.0378. The molecule has 0 heterocycles. The second kappa shape index (κ2) is 25.7. The molecule has 0 aliphatic heterocycles. The van der Waals surface area contributed by atoms with E-state index in [2.05, 4.69) is 13.8 Å². The average Bonchev–Trinajstić information content (AvgIpc) is 2.74. The van der Waals surface area contributed by atoms with Crippen LogP contribution < -0.4 is 0 Å². The number of rotatable bonds is 25. The van der Waals surface area contributed by atoms with Gasteiger partial charge in [0, 0.05) is 6.61 Å². The van der Waals surface area contributed by atoms with Gasteiger partial charge in [0.25, 0.3) is 0 Å². The monoisotopic (exact) mass is 424 g/mol. The summed E-state index contributed by atoms with van der Waals surface area (Å²) >= 11 is 0. The van der Waals surface area contributed by atoms with Gasteiger partial charge >= 0.3 is 0 Å². The fraction of sp³-hybridized carbons (Fsp3) is 1.00. The largest absolute Gasteiger partial charge is 0.394 e. The first kappa shape index (κ1) is 28.7. The summed E-state index contributed by atoms with van der Waals surface area (Å²) in [5.74, 6) is 0.671. The van der Waals surface area contributed by atoms with E-state index < -0.39 is 0 Å². The van der Waals surface area contributed by atoms with Crippen molar-refractivity contribution in [1.82, 2.24) is 0 Å². The van der Waals surface area contributed by atoms with Crippen LogP contribution in [-0.2, 0) is 33.2 Å². The van der Waals surface area contributed by atoms with E-state index in [4.69, 9.17) is 38.3 Å². The third kappa shape index (κ3) is 23.8. The van der Waals surface area contributed by atoms with E-state index >= 15 is 0 Å². The van der Waals surface area contributed by atoms with Gasteiger partial charge in [-0.15, -0.1) is 0 Å². The molecule has 1 unspecified atom stereocenters. The molecule has 1 N–H and O–H groups in total. The number of aliphatic hydroxyl groups is 1. The van der Waals surface area contributed by atoms with Crippen molar-refractivity contribution >= 4 is 0 Å². The molecule has 0 spiro atoms. The van der Waals surface area contributed by atoms with E-state index in [-0.39, 0.29) is 6.61 Å². The van der Waals surface area contributed by atoms with Gasteiger partial charge in [-0.25, -0.2) is 0 Å². The fourth-order valence-electron chi connectivity index (χ4n) is 2.45. The smallest absolute Gasteiger partial charge is 0.0701 e. The van der Waals surface area contributed by atoms with Crippen LogP contribution in [0.3, 0.4) is 0 Å². The summed E-state index contributed by atoms with van der Waals surface area (Å²) in [5, 5.41) is 8.54. The molecule has 0 aromatic carbocycles. The van der Waals surface area contributed by atoms with Gasteiger partial charge in [0.05, 0.1) is 92.5 Å². The Hall–Kier alpha value is -0.320. The molecule has 0 fully saturated rings. The van der Waals surface area contributed by atoms with Gasteiger partial charge in [0.15, 0.2) is 0 Å². The summed E-state index contributed by atoms with van der Waals surface area (Å²) in [6, 6.07) is 0. The first-order valence-electron chi connectivity index (χ1n) is 11.0. The van der Waals surface area contributed by atoms with E-state index in [1.54, 1.807) is 0 Å². The first-order valence-corrected chi connectivity index (χ1v) is 11.0. The summed E-state index contributed by atoms with van der Waals surface area (Å²) in [6.07, 6.45) is 3.62. The van der Waals surface area contributed by atoms with Crippen molar-refractivity contribution < 1.29 is 38.3 Å². The maximum atomic E-state index is 8.54. The molecular weight excluding hydrogens is 380 g/mol. The highest BCUT2D eigenvalue weighted by Gasteiger charge is 2.04. The Morgan fingerprint density at radius 2 is 0.862 bits per heavy atom. The Bertz CT molecular complexity index is 294. The van der Waals surface area contributed by atoms with Gasteiger partial charge in [-0.05, 0) is 12.3 Å². The van der Waals surface area contributed by atoms with E-state index in [0.717, 1.165) is 6.61 Å². The molecule has 0 aliphatic carbocycles. The lowest BCUT2D eigenvalue weighted by atomic mass is 10.0. The van der Waals surface area contributed by atoms with Crippen LogP contribution in [0.5, 0.6) is 0 Å². The molecule has 0 radical (unpaired) electrons. The molecule has 0 rings (SSSR count). The third-order valence-corrected chi connectivity index (χ3v) is 4.10. The molecule has 1 atom stereocenters. The van der Waals surface area contributed by atoms with Crippen LogP contribution in [0.2, 0.25) is 0 Å². The summed E-state index contributed by atoms with van der Waals surface area (Å²) < 4.78 is 37.8. The van der Waals surface area contributed by atoms with Gasteiger partial charge in [-0.1, -0.05) is 26.7 Å². The van der Waals surface area contributed by atoms with E-state index in [9.17, 15) is 0 Å². The highest BCUT2D eigenvalue weighted by atomic mass is 16.6. The topological polar surface area (TPSA) is 84.8 Å². The molecule has 0 saturated carbocycles. The van der Waals surface area contributed by atoms with E-state index in [1.807, 2.05) is 0 Å². The van der Waals surface area contributed by atoms with Gasteiger partial charge < -0.3 is 38.3 Å². The van der Waals surface area contributed by atoms with Crippen molar-refractivity contribution in [2.45, 2.75) is 33.1 Å². The van der Waals surface area contributed by atoms with Crippen molar-refractivity contribution in [3.05, 3.63) is 0 Å². The SMILES string of the molecule is CCCC(CC)COCCOCCOCCOCCOCCOCCOCCO. The van der Waals surface area contributed by atoms with Crippen molar-refractivity contribution in [3.8, 4) is 0 Å². The van der Waals surface area contributed by atoms with Gasteiger partial charge in [-0.3, -0.25) is 0 Å². The fourth-order valence-corrected chi connectivity index (χ4v) is 2.45. The molecule has 29 heavy (non-hydrogen) atoms. The van der Waals surface area contributed by atoms with Crippen LogP contribution in [0.1, 0.15) is 33.1 Å².